The highest BCUT2D eigenvalue weighted by Gasteiger charge is 2.27. The lowest BCUT2D eigenvalue weighted by molar-refractivity contribution is 0.0681. The Bertz CT molecular complexity index is 276. The van der Waals surface area contributed by atoms with Crippen LogP contribution >= 0.6 is 0 Å². The van der Waals surface area contributed by atoms with Gasteiger partial charge < -0.3 is 4.90 Å². The molecule has 1 aliphatic rings. The van der Waals surface area contributed by atoms with Crippen LogP contribution in [0, 0.1) is 5.92 Å². The van der Waals surface area contributed by atoms with Crippen molar-refractivity contribution in [3.63, 3.8) is 0 Å². The average Bonchev–Trinajstić information content (AvgIpc) is 2.12. The van der Waals surface area contributed by atoms with Crippen molar-refractivity contribution in [1.82, 2.24) is 9.88 Å². The maximum atomic E-state index is 4.03. The first-order chi connectivity index (χ1) is 6.75. The number of likely N-dealkylation sites (tertiary alicyclic amines) is 1. The Labute approximate surface area is 86.0 Å². The lowest BCUT2D eigenvalue weighted by Crippen LogP contribution is -2.50. The third-order valence-electron chi connectivity index (χ3n) is 2.99. The van der Waals surface area contributed by atoms with Crippen molar-refractivity contribution >= 4 is 0 Å². The molecule has 1 aliphatic heterocycles. The summed E-state index contributed by atoms with van der Waals surface area (Å²) in [5.74, 6) is 0.861. The van der Waals surface area contributed by atoms with Crippen molar-refractivity contribution in [3.8, 4) is 0 Å². The Morgan fingerprint density at radius 2 is 2.00 bits per heavy atom. The first-order valence-corrected chi connectivity index (χ1v) is 5.38. The zero-order valence-corrected chi connectivity index (χ0v) is 8.98. The summed E-state index contributed by atoms with van der Waals surface area (Å²) >= 11 is 0. The van der Waals surface area contributed by atoms with Gasteiger partial charge in [0.2, 0.25) is 0 Å². The summed E-state index contributed by atoms with van der Waals surface area (Å²) in [6.07, 6.45) is 4.98. The average molecular weight is 190 g/mol. The zero-order valence-electron chi connectivity index (χ0n) is 8.98. The first-order valence-electron chi connectivity index (χ1n) is 5.38. The second-order valence-corrected chi connectivity index (χ2v) is 4.47. The minimum Gasteiger partial charge on any atom is -0.300 e. The fourth-order valence-corrected chi connectivity index (χ4v) is 2.01. The monoisotopic (exact) mass is 190 g/mol. The fourth-order valence-electron chi connectivity index (χ4n) is 2.01. The van der Waals surface area contributed by atoms with E-state index in [1.165, 1.54) is 25.1 Å². The van der Waals surface area contributed by atoms with Gasteiger partial charge in [0.05, 0.1) is 0 Å². The van der Waals surface area contributed by atoms with Crippen molar-refractivity contribution < 1.29 is 0 Å². The summed E-state index contributed by atoms with van der Waals surface area (Å²) in [6.45, 7) is 7.06. The molecule has 0 unspecified atom stereocenters. The highest BCUT2D eigenvalue weighted by atomic mass is 15.2. The second-order valence-electron chi connectivity index (χ2n) is 4.47. The third kappa shape index (κ3) is 2.13. The van der Waals surface area contributed by atoms with Crippen molar-refractivity contribution in [2.45, 2.75) is 26.3 Å². The molecule has 2 heterocycles. The molecule has 76 valence electrons. The molecule has 0 spiro atoms. The van der Waals surface area contributed by atoms with Crippen LogP contribution in [0.4, 0.5) is 0 Å². The van der Waals surface area contributed by atoms with Gasteiger partial charge in [0.25, 0.3) is 0 Å². The van der Waals surface area contributed by atoms with Crippen LogP contribution in [0.1, 0.15) is 19.4 Å². The van der Waals surface area contributed by atoms with Gasteiger partial charge in [-0.1, -0.05) is 0 Å². The zero-order chi connectivity index (χ0) is 9.97. The van der Waals surface area contributed by atoms with E-state index in [1.54, 1.807) is 0 Å². The van der Waals surface area contributed by atoms with Gasteiger partial charge in [0.1, 0.15) is 0 Å². The molecule has 0 aromatic carbocycles. The number of hydrogen-bond acceptors (Lipinski definition) is 2. The van der Waals surface area contributed by atoms with Gasteiger partial charge in [-0.15, -0.1) is 0 Å². The molecule has 1 saturated heterocycles. The van der Waals surface area contributed by atoms with Gasteiger partial charge in [-0.05, 0) is 43.9 Å². The second kappa shape index (κ2) is 4.09. The highest BCUT2D eigenvalue weighted by molar-refractivity contribution is 5.11. The highest BCUT2D eigenvalue weighted by Crippen LogP contribution is 2.21. The molecule has 1 fully saturated rings. The number of nitrogens with zero attached hydrogens (tertiary/aromatic N) is 2. The SMILES string of the molecule is CC(C)N1CC(Cc2ccncc2)C1. The molecular formula is C12H18N2. The summed E-state index contributed by atoms with van der Waals surface area (Å²) in [6, 6.07) is 4.96. The predicted octanol–water partition coefficient (Wildman–Crippen LogP) is 1.96. The summed E-state index contributed by atoms with van der Waals surface area (Å²) < 4.78 is 0. The number of pyridine rings is 1. The van der Waals surface area contributed by atoms with E-state index in [1.807, 2.05) is 12.4 Å². The molecule has 0 N–H and O–H groups in total. The van der Waals surface area contributed by atoms with Gasteiger partial charge in [0.15, 0.2) is 0 Å². The predicted molar refractivity (Wildman–Crippen MR) is 58.1 cm³/mol. The molecule has 0 atom stereocenters. The third-order valence-corrected chi connectivity index (χ3v) is 2.99. The molecule has 2 nitrogen and oxygen atoms in total. The van der Waals surface area contributed by atoms with E-state index in [0.29, 0.717) is 6.04 Å². The lowest BCUT2D eigenvalue weighted by Gasteiger charge is -2.42. The van der Waals surface area contributed by atoms with Crippen LogP contribution in [0.3, 0.4) is 0 Å². The minimum absolute atomic E-state index is 0.712. The Kier molecular flexibility index (Phi) is 2.82. The minimum atomic E-state index is 0.712. The van der Waals surface area contributed by atoms with Gasteiger partial charge in [-0.25, -0.2) is 0 Å². The molecule has 2 heteroatoms. The van der Waals surface area contributed by atoms with E-state index >= 15 is 0 Å². The summed E-state index contributed by atoms with van der Waals surface area (Å²) in [7, 11) is 0. The Balaban J connectivity index is 1.80. The molecular weight excluding hydrogens is 172 g/mol. The Morgan fingerprint density at radius 1 is 1.36 bits per heavy atom. The van der Waals surface area contributed by atoms with Crippen LogP contribution < -0.4 is 0 Å². The van der Waals surface area contributed by atoms with E-state index < -0.39 is 0 Å². The fraction of sp³-hybridized carbons (Fsp3) is 0.583. The number of hydrogen-bond donors (Lipinski definition) is 0. The van der Waals surface area contributed by atoms with Crippen molar-refractivity contribution in [2.24, 2.45) is 5.92 Å². The van der Waals surface area contributed by atoms with Crippen LogP contribution in [-0.2, 0) is 6.42 Å². The van der Waals surface area contributed by atoms with E-state index in [4.69, 9.17) is 0 Å². The summed E-state index contributed by atoms with van der Waals surface area (Å²) in [5, 5.41) is 0. The summed E-state index contributed by atoms with van der Waals surface area (Å²) in [4.78, 5) is 6.55. The Morgan fingerprint density at radius 3 is 2.57 bits per heavy atom. The molecule has 0 amide bonds. The van der Waals surface area contributed by atoms with Crippen LogP contribution in [0.2, 0.25) is 0 Å². The van der Waals surface area contributed by atoms with Crippen molar-refractivity contribution in [3.05, 3.63) is 30.1 Å². The van der Waals surface area contributed by atoms with E-state index in [0.717, 1.165) is 5.92 Å². The van der Waals surface area contributed by atoms with Crippen LogP contribution in [-0.4, -0.2) is 29.0 Å². The van der Waals surface area contributed by atoms with E-state index in [-0.39, 0.29) is 0 Å². The molecule has 0 saturated carbocycles. The molecule has 0 radical (unpaired) electrons. The molecule has 1 aromatic rings. The molecule has 0 bridgehead atoms. The van der Waals surface area contributed by atoms with Crippen LogP contribution in [0.15, 0.2) is 24.5 Å². The van der Waals surface area contributed by atoms with Gasteiger partial charge in [0, 0.05) is 31.5 Å². The maximum Gasteiger partial charge on any atom is 0.0270 e. The van der Waals surface area contributed by atoms with Crippen LogP contribution in [0.25, 0.3) is 0 Å². The van der Waals surface area contributed by atoms with Crippen LogP contribution in [0.5, 0.6) is 0 Å². The smallest absolute Gasteiger partial charge is 0.0270 e. The standard InChI is InChI=1S/C12H18N2/c1-10(2)14-8-12(9-14)7-11-3-5-13-6-4-11/h3-6,10,12H,7-9H2,1-2H3. The molecule has 1 aromatic heterocycles. The summed E-state index contributed by atoms with van der Waals surface area (Å²) in [5.41, 5.74) is 1.42. The normalized spacial score (nSPS) is 18.5. The van der Waals surface area contributed by atoms with E-state index in [2.05, 4.69) is 35.9 Å². The van der Waals surface area contributed by atoms with Gasteiger partial charge in [-0.3, -0.25) is 4.98 Å². The molecule has 14 heavy (non-hydrogen) atoms. The molecule has 2 rings (SSSR count). The van der Waals surface area contributed by atoms with Crippen molar-refractivity contribution in [2.75, 3.05) is 13.1 Å². The van der Waals surface area contributed by atoms with E-state index in [9.17, 15) is 0 Å². The Hall–Kier alpha value is -0.890. The van der Waals surface area contributed by atoms with Gasteiger partial charge >= 0.3 is 0 Å². The molecule has 0 aliphatic carbocycles. The quantitative estimate of drug-likeness (QED) is 0.724. The number of rotatable bonds is 3. The maximum absolute atomic E-state index is 4.03. The number of aromatic nitrogens is 1. The largest absolute Gasteiger partial charge is 0.300 e. The lowest BCUT2D eigenvalue weighted by atomic mass is 9.91. The topological polar surface area (TPSA) is 16.1 Å². The van der Waals surface area contributed by atoms with Crippen molar-refractivity contribution in [1.29, 1.82) is 0 Å². The van der Waals surface area contributed by atoms with Gasteiger partial charge in [-0.2, -0.15) is 0 Å². The first kappa shape index (κ1) is 9.66.